The Balaban J connectivity index is 1.68. The summed E-state index contributed by atoms with van der Waals surface area (Å²) in [5.41, 5.74) is 5.98. The molecule has 2 atom stereocenters. The summed E-state index contributed by atoms with van der Waals surface area (Å²) in [5.74, 6) is 2.23. The van der Waals surface area contributed by atoms with E-state index in [-0.39, 0.29) is 6.04 Å². The third kappa shape index (κ3) is 2.16. The molecule has 2 N–H and O–H groups in total. The summed E-state index contributed by atoms with van der Waals surface area (Å²) in [6.45, 7) is 4.65. The van der Waals surface area contributed by atoms with Crippen LogP contribution in [0.4, 0.5) is 0 Å². The number of aromatic nitrogens is 2. The van der Waals surface area contributed by atoms with Crippen LogP contribution in [0.25, 0.3) is 11.6 Å². The van der Waals surface area contributed by atoms with Crippen molar-refractivity contribution in [3.05, 3.63) is 24.3 Å². The number of nitrogens with zero attached hydrogens (tertiary/aromatic N) is 3. The zero-order chi connectivity index (χ0) is 12.5. The van der Waals surface area contributed by atoms with Crippen LogP contribution in [0.2, 0.25) is 0 Å². The molecule has 0 aliphatic carbocycles. The van der Waals surface area contributed by atoms with Crippen LogP contribution in [-0.4, -0.2) is 34.2 Å². The Kier molecular flexibility index (Phi) is 2.89. The van der Waals surface area contributed by atoms with Crippen molar-refractivity contribution >= 4 is 0 Å². The van der Waals surface area contributed by atoms with E-state index in [9.17, 15) is 0 Å². The van der Waals surface area contributed by atoms with Gasteiger partial charge in [0.1, 0.15) is 0 Å². The molecule has 0 saturated carbocycles. The summed E-state index contributed by atoms with van der Waals surface area (Å²) in [6.07, 6.45) is 1.59. The third-order valence-electron chi connectivity index (χ3n) is 3.31. The number of rotatable bonds is 3. The van der Waals surface area contributed by atoms with E-state index < -0.39 is 0 Å². The van der Waals surface area contributed by atoms with Crippen molar-refractivity contribution in [2.75, 3.05) is 13.1 Å². The van der Waals surface area contributed by atoms with Gasteiger partial charge in [0.15, 0.2) is 5.76 Å². The number of hydrogen-bond donors (Lipinski definition) is 1. The lowest BCUT2D eigenvalue weighted by molar-refractivity contribution is 0.261. The van der Waals surface area contributed by atoms with Crippen molar-refractivity contribution in [2.24, 2.45) is 11.7 Å². The highest BCUT2D eigenvalue weighted by Crippen LogP contribution is 2.19. The first-order valence-corrected chi connectivity index (χ1v) is 6.07. The zero-order valence-electron chi connectivity index (χ0n) is 10.2. The molecule has 0 bridgehead atoms. The maximum Gasteiger partial charge on any atom is 0.241 e. The molecule has 18 heavy (non-hydrogen) atoms. The second kappa shape index (κ2) is 4.55. The van der Waals surface area contributed by atoms with Gasteiger partial charge in [-0.05, 0) is 18.1 Å². The van der Waals surface area contributed by atoms with Gasteiger partial charge in [0.05, 0.1) is 12.8 Å². The zero-order valence-corrected chi connectivity index (χ0v) is 10.2. The highest BCUT2D eigenvalue weighted by atomic mass is 16.5. The van der Waals surface area contributed by atoms with Gasteiger partial charge in [-0.15, -0.1) is 0 Å². The monoisotopic (exact) mass is 248 g/mol. The molecule has 1 saturated heterocycles. The Morgan fingerprint density at radius 1 is 1.50 bits per heavy atom. The largest absolute Gasteiger partial charge is 0.461 e. The first-order chi connectivity index (χ1) is 8.72. The van der Waals surface area contributed by atoms with Crippen molar-refractivity contribution in [3.63, 3.8) is 0 Å². The van der Waals surface area contributed by atoms with Gasteiger partial charge >= 0.3 is 0 Å². The maximum atomic E-state index is 5.98. The van der Waals surface area contributed by atoms with E-state index in [4.69, 9.17) is 14.7 Å². The van der Waals surface area contributed by atoms with Crippen molar-refractivity contribution < 1.29 is 8.94 Å². The molecule has 0 aromatic carbocycles. The Bertz CT molecular complexity index is 498. The molecule has 2 aromatic rings. The molecule has 6 nitrogen and oxygen atoms in total. The smallest absolute Gasteiger partial charge is 0.241 e. The summed E-state index contributed by atoms with van der Waals surface area (Å²) in [7, 11) is 0. The fraction of sp³-hybridized carbons (Fsp3) is 0.500. The van der Waals surface area contributed by atoms with Gasteiger partial charge in [0, 0.05) is 19.1 Å². The average molecular weight is 248 g/mol. The summed E-state index contributed by atoms with van der Waals surface area (Å²) < 4.78 is 10.4. The van der Waals surface area contributed by atoms with Crippen LogP contribution in [0.5, 0.6) is 0 Å². The lowest BCUT2D eigenvalue weighted by Crippen LogP contribution is -2.28. The van der Waals surface area contributed by atoms with E-state index in [1.54, 1.807) is 12.3 Å². The quantitative estimate of drug-likeness (QED) is 0.876. The first kappa shape index (κ1) is 11.4. The normalized spacial score (nSPS) is 24.8. The van der Waals surface area contributed by atoms with Crippen LogP contribution in [0.3, 0.4) is 0 Å². The van der Waals surface area contributed by atoms with Crippen LogP contribution in [-0.2, 0) is 6.54 Å². The maximum absolute atomic E-state index is 5.98. The molecule has 2 unspecified atom stereocenters. The first-order valence-electron chi connectivity index (χ1n) is 6.07. The van der Waals surface area contributed by atoms with Crippen molar-refractivity contribution in [2.45, 2.75) is 19.5 Å². The molecular weight excluding hydrogens is 232 g/mol. The van der Waals surface area contributed by atoms with Crippen molar-refractivity contribution in [3.8, 4) is 11.6 Å². The van der Waals surface area contributed by atoms with Crippen LogP contribution in [0, 0.1) is 5.92 Å². The van der Waals surface area contributed by atoms with E-state index in [1.807, 2.05) is 6.07 Å². The van der Waals surface area contributed by atoms with Gasteiger partial charge in [-0.1, -0.05) is 12.1 Å². The summed E-state index contributed by atoms with van der Waals surface area (Å²) in [5, 5.41) is 3.90. The second-order valence-electron chi connectivity index (χ2n) is 4.82. The predicted octanol–water partition coefficient (Wildman–Crippen LogP) is 1.11. The summed E-state index contributed by atoms with van der Waals surface area (Å²) in [6, 6.07) is 3.84. The minimum atomic E-state index is 0.234. The van der Waals surface area contributed by atoms with E-state index in [0.717, 1.165) is 13.1 Å². The third-order valence-corrected chi connectivity index (χ3v) is 3.31. The highest BCUT2D eigenvalue weighted by Gasteiger charge is 2.27. The number of nitrogens with two attached hydrogens (primary N) is 1. The fourth-order valence-electron chi connectivity index (χ4n) is 2.24. The predicted molar refractivity (Wildman–Crippen MR) is 64.4 cm³/mol. The van der Waals surface area contributed by atoms with Crippen LogP contribution >= 0.6 is 0 Å². The molecular formula is C12H16N4O2. The molecule has 6 heteroatoms. The summed E-state index contributed by atoms with van der Waals surface area (Å²) >= 11 is 0. The molecule has 96 valence electrons. The van der Waals surface area contributed by atoms with Crippen LogP contribution in [0.15, 0.2) is 27.3 Å². The lowest BCUT2D eigenvalue weighted by Gasteiger charge is -2.11. The van der Waals surface area contributed by atoms with Crippen molar-refractivity contribution in [1.82, 2.24) is 15.0 Å². The molecule has 0 spiro atoms. The van der Waals surface area contributed by atoms with E-state index >= 15 is 0 Å². The highest BCUT2D eigenvalue weighted by molar-refractivity contribution is 5.44. The molecule has 3 rings (SSSR count). The Labute approximate surface area is 105 Å². The standard InChI is InChI=1S/C12H16N4O2/c1-8-5-16(6-9(8)13)7-11-14-12(15-18-11)10-3-2-4-17-10/h2-4,8-9H,5-7,13H2,1H3. The van der Waals surface area contributed by atoms with E-state index in [1.165, 1.54) is 0 Å². The Morgan fingerprint density at radius 3 is 3.06 bits per heavy atom. The van der Waals surface area contributed by atoms with Gasteiger partial charge in [0.2, 0.25) is 11.7 Å². The van der Waals surface area contributed by atoms with E-state index in [0.29, 0.717) is 29.9 Å². The molecule has 2 aromatic heterocycles. The fourth-order valence-corrected chi connectivity index (χ4v) is 2.24. The molecule has 3 heterocycles. The Morgan fingerprint density at radius 2 is 2.39 bits per heavy atom. The molecule has 0 amide bonds. The molecule has 1 fully saturated rings. The van der Waals surface area contributed by atoms with Crippen LogP contribution in [0.1, 0.15) is 12.8 Å². The second-order valence-corrected chi connectivity index (χ2v) is 4.82. The molecule has 1 aliphatic rings. The number of hydrogen-bond acceptors (Lipinski definition) is 6. The number of likely N-dealkylation sites (tertiary alicyclic amines) is 1. The minimum absolute atomic E-state index is 0.234. The van der Waals surface area contributed by atoms with Gasteiger partial charge in [-0.3, -0.25) is 4.90 Å². The van der Waals surface area contributed by atoms with Gasteiger partial charge in [-0.25, -0.2) is 0 Å². The van der Waals surface area contributed by atoms with Crippen molar-refractivity contribution in [1.29, 1.82) is 0 Å². The van der Waals surface area contributed by atoms with Gasteiger partial charge < -0.3 is 14.7 Å². The van der Waals surface area contributed by atoms with E-state index in [2.05, 4.69) is 22.0 Å². The van der Waals surface area contributed by atoms with Gasteiger partial charge in [0.25, 0.3) is 0 Å². The lowest BCUT2D eigenvalue weighted by atomic mass is 10.1. The van der Waals surface area contributed by atoms with Crippen LogP contribution < -0.4 is 5.73 Å². The number of furan rings is 1. The minimum Gasteiger partial charge on any atom is -0.461 e. The van der Waals surface area contributed by atoms with Gasteiger partial charge in [-0.2, -0.15) is 4.98 Å². The Hall–Kier alpha value is -1.66. The molecule has 0 radical (unpaired) electrons. The molecule has 1 aliphatic heterocycles. The average Bonchev–Trinajstić information content (AvgIpc) is 3.02. The topological polar surface area (TPSA) is 81.3 Å². The SMILES string of the molecule is CC1CN(Cc2nc(-c3ccco3)no2)CC1N. The summed E-state index contributed by atoms with van der Waals surface area (Å²) in [4.78, 5) is 6.54.